The van der Waals surface area contributed by atoms with Gasteiger partial charge in [-0.2, -0.15) is 0 Å². The number of aliphatic hydroxyl groups is 1. The van der Waals surface area contributed by atoms with Crippen LogP contribution in [0.15, 0.2) is 36.5 Å². The SMILES string of the molecule is O=C(NCc1nnc(-c2ccccc2)s1)c1cn([C@H]2COC[C@@H]2O)nn1. The summed E-state index contributed by atoms with van der Waals surface area (Å²) in [7, 11) is 0. The third kappa shape index (κ3) is 3.47. The lowest BCUT2D eigenvalue weighted by atomic mass is 10.2. The van der Waals surface area contributed by atoms with Crippen LogP contribution >= 0.6 is 11.3 Å². The molecular weight excluding hydrogens is 356 g/mol. The molecule has 26 heavy (non-hydrogen) atoms. The monoisotopic (exact) mass is 372 g/mol. The number of amides is 1. The summed E-state index contributed by atoms with van der Waals surface area (Å²) >= 11 is 1.42. The molecular formula is C16H16N6O3S. The van der Waals surface area contributed by atoms with E-state index in [9.17, 15) is 9.90 Å². The maximum atomic E-state index is 12.2. The minimum atomic E-state index is -0.648. The normalized spacial score (nSPS) is 19.6. The van der Waals surface area contributed by atoms with Gasteiger partial charge in [0.1, 0.15) is 22.2 Å². The Morgan fingerprint density at radius 1 is 1.27 bits per heavy atom. The second-order valence-electron chi connectivity index (χ2n) is 5.81. The third-order valence-electron chi connectivity index (χ3n) is 3.99. The Morgan fingerprint density at radius 3 is 2.88 bits per heavy atom. The lowest BCUT2D eigenvalue weighted by Gasteiger charge is -2.10. The van der Waals surface area contributed by atoms with E-state index in [1.165, 1.54) is 22.2 Å². The number of nitrogens with one attached hydrogen (secondary N) is 1. The van der Waals surface area contributed by atoms with E-state index in [0.717, 1.165) is 10.6 Å². The highest BCUT2D eigenvalue weighted by molar-refractivity contribution is 7.14. The van der Waals surface area contributed by atoms with Crippen LogP contribution in [0, 0.1) is 0 Å². The van der Waals surface area contributed by atoms with Gasteiger partial charge in [0.2, 0.25) is 0 Å². The fourth-order valence-electron chi connectivity index (χ4n) is 2.60. The van der Waals surface area contributed by atoms with E-state index >= 15 is 0 Å². The van der Waals surface area contributed by atoms with Crippen molar-refractivity contribution in [2.75, 3.05) is 13.2 Å². The van der Waals surface area contributed by atoms with E-state index < -0.39 is 6.10 Å². The highest BCUT2D eigenvalue weighted by atomic mass is 32.1. The third-order valence-corrected chi connectivity index (χ3v) is 4.96. The number of hydrogen-bond acceptors (Lipinski definition) is 8. The Bertz CT molecular complexity index is 896. The molecule has 1 aliphatic rings. The van der Waals surface area contributed by atoms with E-state index in [-0.39, 0.29) is 30.8 Å². The lowest BCUT2D eigenvalue weighted by Crippen LogP contribution is -2.24. The van der Waals surface area contributed by atoms with Gasteiger partial charge in [0, 0.05) is 5.56 Å². The number of benzene rings is 1. The fraction of sp³-hybridized carbons (Fsp3) is 0.312. The van der Waals surface area contributed by atoms with Crippen LogP contribution in [0.2, 0.25) is 0 Å². The first-order chi connectivity index (χ1) is 12.7. The van der Waals surface area contributed by atoms with Crippen LogP contribution in [0.3, 0.4) is 0 Å². The van der Waals surface area contributed by atoms with Crippen molar-refractivity contribution in [1.82, 2.24) is 30.5 Å². The van der Waals surface area contributed by atoms with Gasteiger partial charge in [0.25, 0.3) is 5.91 Å². The molecule has 0 saturated carbocycles. The van der Waals surface area contributed by atoms with Crippen molar-refractivity contribution in [3.8, 4) is 10.6 Å². The summed E-state index contributed by atoms with van der Waals surface area (Å²) in [5, 5.41) is 30.1. The maximum Gasteiger partial charge on any atom is 0.273 e. The molecule has 1 fully saturated rings. The van der Waals surface area contributed by atoms with E-state index in [2.05, 4.69) is 25.8 Å². The van der Waals surface area contributed by atoms with E-state index in [4.69, 9.17) is 4.74 Å². The summed E-state index contributed by atoms with van der Waals surface area (Å²) in [6.45, 7) is 0.858. The van der Waals surface area contributed by atoms with Crippen molar-refractivity contribution in [2.45, 2.75) is 18.7 Å². The summed E-state index contributed by atoms with van der Waals surface area (Å²) < 4.78 is 6.65. The van der Waals surface area contributed by atoms with Gasteiger partial charge in [0.05, 0.1) is 26.0 Å². The van der Waals surface area contributed by atoms with Crippen LogP contribution in [0.25, 0.3) is 10.6 Å². The second-order valence-corrected chi connectivity index (χ2v) is 6.87. The van der Waals surface area contributed by atoms with Crippen molar-refractivity contribution in [2.24, 2.45) is 0 Å². The fourth-order valence-corrected chi connectivity index (χ4v) is 3.38. The largest absolute Gasteiger partial charge is 0.388 e. The van der Waals surface area contributed by atoms with Crippen molar-refractivity contribution >= 4 is 17.2 Å². The Hall–Kier alpha value is -2.69. The first kappa shape index (κ1) is 16.8. The zero-order chi connectivity index (χ0) is 17.9. The molecule has 2 aromatic heterocycles. The van der Waals surface area contributed by atoms with E-state index in [0.29, 0.717) is 11.6 Å². The molecule has 134 valence electrons. The van der Waals surface area contributed by atoms with Crippen LogP contribution in [-0.4, -0.2) is 55.5 Å². The predicted octanol–water partition coefficient (Wildman–Crippen LogP) is 0.659. The van der Waals surface area contributed by atoms with Crippen molar-refractivity contribution in [3.05, 3.63) is 47.2 Å². The number of nitrogens with zero attached hydrogens (tertiary/aromatic N) is 5. The minimum absolute atomic E-state index is 0.178. The Balaban J connectivity index is 1.37. The van der Waals surface area contributed by atoms with Crippen LogP contribution in [-0.2, 0) is 11.3 Å². The molecule has 0 unspecified atom stereocenters. The van der Waals surface area contributed by atoms with Crippen LogP contribution in [0.1, 0.15) is 21.5 Å². The van der Waals surface area contributed by atoms with Crippen molar-refractivity contribution < 1.29 is 14.6 Å². The molecule has 9 nitrogen and oxygen atoms in total. The molecule has 1 amide bonds. The number of hydrogen-bond donors (Lipinski definition) is 2. The molecule has 1 aliphatic heterocycles. The van der Waals surface area contributed by atoms with E-state index in [1.807, 2.05) is 30.3 Å². The molecule has 2 N–H and O–H groups in total. The molecule has 1 aromatic carbocycles. The molecule has 0 aliphatic carbocycles. The number of aromatic nitrogens is 5. The summed E-state index contributed by atoms with van der Waals surface area (Å²) in [6.07, 6.45) is 0.860. The number of rotatable bonds is 5. The van der Waals surface area contributed by atoms with Crippen molar-refractivity contribution in [3.63, 3.8) is 0 Å². The summed E-state index contributed by atoms with van der Waals surface area (Å²) in [5.74, 6) is -0.360. The van der Waals surface area contributed by atoms with Crippen LogP contribution < -0.4 is 5.32 Å². The Labute approximate surface area is 152 Å². The molecule has 2 atom stereocenters. The number of ether oxygens (including phenoxy) is 1. The molecule has 3 aromatic rings. The van der Waals surface area contributed by atoms with Crippen molar-refractivity contribution in [1.29, 1.82) is 0 Å². The van der Waals surface area contributed by atoms with Gasteiger partial charge in [-0.05, 0) is 0 Å². The molecule has 4 rings (SSSR count). The first-order valence-corrected chi connectivity index (χ1v) is 8.86. The molecule has 1 saturated heterocycles. The zero-order valence-electron chi connectivity index (χ0n) is 13.6. The molecule has 3 heterocycles. The van der Waals surface area contributed by atoms with Gasteiger partial charge in [-0.3, -0.25) is 4.79 Å². The number of carbonyl (C=O) groups is 1. The molecule has 0 spiro atoms. The van der Waals surface area contributed by atoms with Gasteiger partial charge in [-0.25, -0.2) is 4.68 Å². The van der Waals surface area contributed by atoms with E-state index in [1.54, 1.807) is 0 Å². The van der Waals surface area contributed by atoms with Crippen LogP contribution in [0.5, 0.6) is 0 Å². The standard InChI is InChI=1S/C16H16N6O3S/c23-13-9-25-8-12(13)22-7-11(18-21-22)15(24)17-6-14-19-20-16(26-14)10-4-2-1-3-5-10/h1-5,7,12-13,23H,6,8-9H2,(H,17,24)/t12-,13-/m0/s1. The smallest absolute Gasteiger partial charge is 0.273 e. The van der Waals surface area contributed by atoms with Gasteiger partial charge in [-0.15, -0.1) is 15.3 Å². The Morgan fingerprint density at radius 2 is 2.12 bits per heavy atom. The van der Waals surface area contributed by atoms with Gasteiger partial charge in [-0.1, -0.05) is 46.9 Å². The van der Waals surface area contributed by atoms with Gasteiger partial charge < -0.3 is 15.2 Å². The second kappa shape index (κ2) is 7.28. The predicted molar refractivity (Wildman–Crippen MR) is 92.4 cm³/mol. The summed E-state index contributed by atoms with van der Waals surface area (Å²) in [5.41, 5.74) is 1.17. The molecule has 10 heteroatoms. The highest BCUT2D eigenvalue weighted by Gasteiger charge is 2.29. The number of carbonyl (C=O) groups excluding carboxylic acids is 1. The average Bonchev–Trinajstić information content (AvgIpc) is 3.41. The first-order valence-electron chi connectivity index (χ1n) is 8.04. The quantitative estimate of drug-likeness (QED) is 0.676. The zero-order valence-corrected chi connectivity index (χ0v) is 14.5. The van der Waals surface area contributed by atoms with Gasteiger partial charge in [0.15, 0.2) is 5.69 Å². The summed E-state index contributed by atoms with van der Waals surface area (Å²) in [6, 6.07) is 9.42. The average molecular weight is 372 g/mol. The van der Waals surface area contributed by atoms with Crippen LogP contribution in [0.4, 0.5) is 0 Å². The minimum Gasteiger partial charge on any atom is -0.388 e. The number of aliphatic hydroxyl groups excluding tert-OH is 1. The molecule has 0 radical (unpaired) electrons. The topological polar surface area (TPSA) is 115 Å². The Kier molecular flexibility index (Phi) is 4.69. The lowest BCUT2D eigenvalue weighted by molar-refractivity contribution is 0.0945. The molecule has 0 bridgehead atoms. The van der Waals surface area contributed by atoms with Gasteiger partial charge >= 0.3 is 0 Å². The highest BCUT2D eigenvalue weighted by Crippen LogP contribution is 2.23. The summed E-state index contributed by atoms with van der Waals surface area (Å²) in [4.78, 5) is 12.2. The maximum absolute atomic E-state index is 12.2.